The fraction of sp³-hybridized carbons (Fsp3) is 0.294. The fourth-order valence-electron chi connectivity index (χ4n) is 2.44. The van der Waals surface area contributed by atoms with E-state index < -0.39 is 57.8 Å². The average molecular weight is 647 g/mol. The smallest absolute Gasteiger partial charge is 0.381 e. The molecule has 0 aromatic heterocycles. The maximum Gasteiger partial charge on any atom is 0.416 e. The molecule has 0 aliphatic carbocycles. The van der Waals surface area contributed by atoms with Crippen molar-refractivity contribution in [2.24, 2.45) is 0 Å². The van der Waals surface area contributed by atoms with Gasteiger partial charge in [-0.3, -0.25) is 0 Å². The zero-order valence-electron chi connectivity index (χ0n) is 14.3. The van der Waals surface area contributed by atoms with Gasteiger partial charge in [-0.1, -0.05) is 0 Å². The second-order valence-electron chi connectivity index (χ2n) is 6.09. The quantitative estimate of drug-likeness (QED) is 0.389. The molecular formula is C17H10AcF10O. The number of halogens is 10. The van der Waals surface area contributed by atoms with Crippen LogP contribution in [0, 0.1) is 49.9 Å². The van der Waals surface area contributed by atoms with Crippen molar-refractivity contribution < 1.29 is 93.1 Å². The van der Waals surface area contributed by atoms with E-state index >= 15 is 0 Å². The maximum absolute atomic E-state index is 13.6. The summed E-state index contributed by atoms with van der Waals surface area (Å²) in [6.07, 6.45) is -15.5. The van der Waals surface area contributed by atoms with Crippen molar-refractivity contribution in [3.05, 3.63) is 70.0 Å². The Morgan fingerprint density at radius 1 is 0.552 bits per heavy atom. The van der Waals surface area contributed by atoms with Gasteiger partial charge < -0.3 is 5.11 Å². The summed E-state index contributed by atoms with van der Waals surface area (Å²) < 4.78 is 130. The van der Waals surface area contributed by atoms with Gasteiger partial charge in [0.25, 0.3) is 0 Å². The molecule has 2 aromatic rings. The third-order valence-electron chi connectivity index (χ3n) is 3.94. The molecule has 1 N–H and O–H groups in total. The number of rotatable bonds is 2. The summed E-state index contributed by atoms with van der Waals surface area (Å²) in [5, 5.41) is 10.5. The fourth-order valence-corrected chi connectivity index (χ4v) is 2.44. The minimum absolute atomic E-state index is 0. The van der Waals surface area contributed by atoms with Gasteiger partial charge in [0.1, 0.15) is 11.4 Å². The van der Waals surface area contributed by atoms with Gasteiger partial charge in [-0.15, -0.1) is 0 Å². The van der Waals surface area contributed by atoms with Crippen LogP contribution in [-0.4, -0.2) is 5.11 Å². The van der Waals surface area contributed by atoms with E-state index in [1.165, 1.54) is 0 Å². The monoisotopic (exact) mass is 647 g/mol. The maximum atomic E-state index is 13.6. The van der Waals surface area contributed by atoms with Crippen LogP contribution in [0.5, 0.6) is 0 Å². The van der Waals surface area contributed by atoms with Crippen molar-refractivity contribution in [2.45, 2.75) is 31.1 Å². The Balaban J connectivity index is 0.00000420. The van der Waals surface area contributed by atoms with E-state index in [1.807, 2.05) is 0 Å². The standard InChI is InChI=1S/C17H10F10O.Ac/c1-14(28,9-4-12(17(25,26)27)7-13(18)6-9)8-2-10(15(19,20)21)5-11(3-8)16(22,23)24;/h2-7,28H,1H3;. The first-order valence-corrected chi connectivity index (χ1v) is 7.33. The summed E-state index contributed by atoms with van der Waals surface area (Å²) >= 11 is 0. The zero-order valence-corrected chi connectivity index (χ0v) is 19.0. The molecule has 0 aliphatic heterocycles. The van der Waals surface area contributed by atoms with E-state index in [0.29, 0.717) is 13.0 Å². The number of benzene rings is 2. The molecule has 0 bridgehead atoms. The topological polar surface area (TPSA) is 20.2 Å². The van der Waals surface area contributed by atoms with E-state index in [-0.39, 0.29) is 74.4 Å². The Hall–Kier alpha value is -0.858. The summed E-state index contributed by atoms with van der Waals surface area (Å²) in [5.41, 5.74) is -9.77. The van der Waals surface area contributed by atoms with Gasteiger partial charge in [0.15, 0.2) is 0 Å². The molecule has 0 aliphatic rings. The van der Waals surface area contributed by atoms with Crippen LogP contribution >= 0.6 is 0 Å². The Kier molecular flexibility index (Phi) is 7.53. The molecule has 1 atom stereocenters. The van der Waals surface area contributed by atoms with Crippen LogP contribution in [-0.2, 0) is 24.1 Å². The molecule has 1 nitrogen and oxygen atoms in total. The van der Waals surface area contributed by atoms with Crippen LogP contribution in [0.3, 0.4) is 0 Å². The van der Waals surface area contributed by atoms with Gasteiger partial charge in [0, 0.05) is 44.1 Å². The van der Waals surface area contributed by atoms with Crippen LogP contribution < -0.4 is 0 Å². The number of hydrogen-bond acceptors (Lipinski definition) is 1. The first kappa shape index (κ1) is 26.2. The normalized spacial score (nSPS) is 14.9. The molecule has 0 amide bonds. The minimum Gasteiger partial charge on any atom is -0.381 e. The van der Waals surface area contributed by atoms with Crippen LogP contribution in [0.4, 0.5) is 43.9 Å². The number of hydrogen-bond donors (Lipinski definition) is 1. The van der Waals surface area contributed by atoms with E-state index in [4.69, 9.17) is 0 Å². The molecule has 29 heavy (non-hydrogen) atoms. The van der Waals surface area contributed by atoms with Gasteiger partial charge in [-0.25, -0.2) is 4.39 Å². The van der Waals surface area contributed by atoms with Crippen LogP contribution in [0.2, 0.25) is 0 Å². The number of alkyl halides is 9. The molecule has 0 heterocycles. The minimum atomic E-state index is -5.23. The van der Waals surface area contributed by atoms with Gasteiger partial charge in [-0.05, 0) is 54.4 Å². The molecule has 0 fully saturated rings. The Labute approximate surface area is 193 Å². The van der Waals surface area contributed by atoms with Crippen molar-refractivity contribution in [3.63, 3.8) is 0 Å². The van der Waals surface area contributed by atoms with E-state index in [0.717, 1.165) is 0 Å². The van der Waals surface area contributed by atoms with E-state index in [1.54, 1.807) is 0 Å². The van der Waals surface area contributed by atoms with Crippen molar-refractivity contribution in [2.75, 3.05) is 0 Å². The van der Waals surface area contributed by atoms with Crippen molar-refractivity contribution in [1.29, 1.82) is 0 Å². The molecule has 0 saturated heterocycles. The van der Waals surface area contributed by atoms with Crippen molar-refractivity contribution >= 4 is 0 Å². The predicted molar refractivity (Wildman–Crippen MR) is 76.5 cm³/mol. The first-order valence-electron chi connectivity index (χ1n) is 7.33. The Bertz CT molecular complexity index is 849. The zero-order chi connectivity index (χ0) is 21.7. The summed E-state index contributed by atoms with van der Waals surface area (Å²) in [4.78, 5) is 0. The van der Waals surface area contributed by atoms with Crippen molar-refractivity contribution in [3.8, 4) is 0 Å². The van der Waals surface area contributed by atoms with Crippen LogP contribution in [0.15, 0.2) is 36.4 Å². The second-order valence-corrected chi connectivity index (χ2v) is 6.09. The van der Waals surface area contributed by atoms with Gasteiger partial charge in [0.05, 0.1) is 16.7 Å². The molecule has 1 unspecified atom stereocenters. The SMILES string of the molecule is CC(O)(c1cc(F)cc(C(F)(F)F)c1)c1cc(C(F)(F)F)cc(C(F)(F)F)c1.[Ac]. The summed E-state index contributed by atoms with van der Waals surface area (Å²) in [7, 11) is 0. The first-order chi connectivity index (χ1) is 12.4. The van der Waals surface area contributed by atoms with Gasteiger partial charge in [0.2, 0.25) is 0 Å². The molecular weight excluding hydrogens is 637 g/mol. The largest absolute Gasteiger partial charge is 0.416 e. The van der Waals surface area contributed by atoms with Crippen LogP contribution in [0.1, 0.15) is 34.7 Å². The molecule has 2 rings (SSSR count). The van der Waals surface area contributed by atoms with Crippen LogP contribution in [0.25, 0.3) is 0 Å². The predicted octanol–water partition coefficient (Wildman–Crippen LogP) is 6.14. The molecule has 0 saturated carbocycles. The van der Waals surface area contributed by atoms with Crippen molar-refractivity contribution in [1.82, 2.24) is 0 Å². The summed E-state index contributed by atoms with van der Waals surface area (Å²) in [5.74, 6) is -1.48. The number of aliphatic hydroxyl groups is 1. The molecule has 0 spiro atoms. The second kappa shape index (κ2) is 8.35. The molecule has 157 valence electrons. The third kappa shape index (κ3) is 6.08. The van der Waals surface area contributed by atoms with Gasteiger partial charge in [-0.2, -0.15) is 39.5 Å². The Morgan fingerprint density at radius 2 is 0.793 bits per heavy atom. The van der Waals surface area contributed by atoms with Gasteiger partial charge >= 0.3 is 18.5 Å². The molecule has 12 heteroatoms. The van der Waals surface area contributed by atoms with E-state index in [9.17, 15) is 49.0 Å². The van der Waals surface area contributed by atoms with E-state index in [2.05, 4.69) is 0 Å². The third-order valence-corrected chi connectivity index (χ3v) is 3.94. The summed E-state index contributed by atoms with van der Waals surface area (Å²) in [6.45, 7) is 0.664. The molecule has 1 radical (unpaired) electrons. The molecule has 2 aromatic carbocycles. The average Bonchev–Trinajstić information content (AvgIpc) is 2.51. The Morgan fingerprint density at radius 3 is 1.14 bits per heavy atom. The summed E-state index contributed by atoms with van der Waals surface area (Å²) in [6, 6.07) is 0.833.